The Morgan fingerprint density at radius 2 is 2.00 bits per heavy atom. The highest BCUT2D eigenvalue weighted by Crippen LogP contribution is 2.09. The van der Waals surface area contributed by atoms with Crippen LogP contribution in [-0.4, -0.2) is 24.0 Å². The van der Waals surface area contributed by atoms with Crippen molar-refractivity contribution in [1.29, 1.82) is 0 Å². The Labute approximate surface area is 122 Å². The Balaban J connectivity index is 2.05. The first-order valence-electron chi connectivity index (χ1n) is 6.40. The summed E-state index contributed by atoms with van der Waals surface area (Å²) in [4.78, 5) is 27.6. The van der Waals surface area contributed by atoms with E-state index in [1.165, 1.54) is 13.2 Å². The van der Waals surface area contributed by atoms with E-state index < -0.39 is 5.97 Å². The SMILES string of the molecule is COC(=O)c1cccc(C(=O)NCc2nc(C)c(C)o2)c1. The van der Waals surface area contributed by atoms with Crippen molar-refractivity contribution >= 4 is 11.9 Å². The second kappa shape index (κ2) is 6.21. The van der Waals surface area contributed by atoms with Crippen LogP contribution in [0.1, 0.15) is 38.1 Å². The van der Waals surface area contributed by atoms with Crippen molar-refractivity contribution in [3.8, 4) is 0 Å². The van der Waals surface area contributed by atoms with Gasteiger partial charge in [0.05, 0.1) is 24.9 Å². The van der Waals surface area contributed by atoms with Gasteiger partial charge < -0.3 is 14.5 Å². The van der Waals surface area contributed by atoms with Gasteiger partial charge in [0.2, 0.25) is 5.89 Å². The van der Waals surface area contributed by atoms with Crippen LogP contribution in [0.3, 0.4) is 0 Å². The van der Waals surface area contributed by atoms with Crippen LogP contribution in [0.15, 0.2) is 28.7 Å². The molecular weight excluding hydrogens is 272 g/mol. The van der Waals surface area contributed by atoms with E-state index in [1.54, 1.807) is 18.2 Å². The Kier molecular flexibility index (Phi) is 4.37. The minimum Gasteiger partial charge on any atom is -0.465 e. The normalized spacial score (nSPS) is 10.2. The smallest absolute Gasteiger partial charge is 0.337 e. The van der Waals surface area contributed by atoms with Crippen molar-refractivity contribution in [2.24, 2.45) is 0 Å². The standard InChI is InChI=1S/C15H16N2O4/c1-9-10(2)21-13(17-9)8-16-14(18)11-5-4-6-12(7-11)15(19)20-3/h4-7H,8H2,1-3H3,(H,16,18). The van der Waals surface area contributed by atoms with Crippen molar-refractivity contribution < 1.29 is 18.7 Å². The highest BCUT2D eigenvalue weighted by Gasteiger charge is 2.12. The fourth-order valence-corrected chi connectivity index (χ4v) is 1.78. The Hall–Kier alpha value is -2.63. The van der Waals surface area contributed by atoms with E-state index >= 15 is 0 Å². The molecular formula is C15H16N2O4. The molecule has 0 spiro atoms. The van der Waals surface area contributed by atoms with Crippen LogP contribution in [0.4, 0.5) is 0 Å². The lowest BCUT2D eigenvalue weighted by molar-refractivity contribution is 0.0600. The molecule has 1 aromatic heterocycles. The molecule has 0 fully saturated rings. The van der Waals surface area contributed by atoms with Gasteiger partial charge in [-0.2, -0.15) is 0 Å². The third-order valence-corrected chi connectivity index (χ3v) is 3.02. The molecule has 110 valence electrons. The summed E-state index contributed by atoms with van der Waals surface area (Å²) in [6, 6.07) is 6.31. The number of hydrogen-bond donors (Lipinski definition) is 1. The van der Waals surface area contributed by atoms with Gasteiger partial charge in [-0.25, -0.2) is 9.78 Å². The molecule has 2 aromatic rings. The predicted molar refractivity (Wildman–Crippen MR) is 74.9 cm³/mol. The third-order valence-electron chi connectivity index (χ3n) is 3.02. The highest BCUT2D eigenvalue weighted by molar-refractivity contribution is 5.97. The second-order valence-corrected chi connectivity index (χ2v) is 4.50. The molecule has 0 saturated heterocycles. The number of amides is 1. The summed E-state index contributed by atoms with van der Waals surface area (Å²) >= 11 is 0. The van der Waals surface area contributed by atoms with Crippen LogP contribution in [0.25, 0.3) is 0 Å². The average Bonchev–Trinajstić information content (AvgIpc) is 2.82. The number of nitrogens with zero attached hydrogens (tertiary/aromatic N) is 1. The Morgan fingerprint density at radius 3 is 2.62 bits per heavy atom. The molecule has 1 amide bonds. The van der Waals surface area contributed by atoms with E-state index in [0.29, 0.717) is 17.0 Å². The minimum absolute atomic E-state index is 0.190. The van der Waals surface area contributed by atoms with E-state index in [-0.39, 0.29) is 12.5 Å². The molecule has 0 unspecified atom stereocenters. The van der Waals surface area contributed by atoms with Crippen molar-refractivity contribution in [3.05, 3.63) is 52.7 Å². The van der Waals surface area contributed by atoms with Crippen LogP contribution in [0.2, 0.25) is 0 Å². The molecule has 0 aliphatic carbocycles. The molecule has 6 nitrogen and oxygen atoms in total. The lowest BCUT2D eigenvalue weighted by Crippen LogP contribution is -2.23. The molecule has 0 saturated carbocycles. The first kappa shape index (κ1) is 14.8. The number of hydrogen-bond acceptors (Lipinski definition) is 5. The highest BCUT2D eigenvalue weighted by atomic mass is 16.5. The number of aromatic nitrogens is 1. The molecule has 21 heavy (non-hydrogen) atoms. The van der Waals surface area contributed by atoms with Gasteiger partial charge in [-0.05, 0) is 32.0 Å². The number of aryl methyl sites for hydroxylation is 2. The van der Waals surface area contributed by atoms with Crippen LogP contribution in [0.5, 0.6) is 0 Å². The number of esters is 1. The molecule has 1 N–H and O–H groups in total. The quantitative estimate of drug-likeness (QED) is 0.870. The van der Waals surface area contributed by atoms with E-state index in [1.807, 2.05) is 13.8 Å². The number of carbonyl (C=O) groups excluding carboxylic acids is 2. The number of oxazole rings is 1. The molecule has 2 rings (SSSR count). The molecule has 1 heterocycles. The molecule has 0 atom stereocenters. The van der Waals surface area contributed by atoms with Gasteiger partial charge in [0.15, 0.2) is 0 Å². The first-order chi connectivity index (χ1) is 10.0. The van der Waals surface area contributed by atoms with E-state index in [0.717, 1.165) is 11.5 Å². The van der Waals surface area contributed by atoms with Crippen LogP contribution < -0.4 is 5.32 Å². The van der Waals surface area contributed by atoms with Crippen LogP contribution in [-0.2, 0) is 11.3 Å². The molecule has 0 bridgehead atoms. The third kappa shape index (κ3) is 3.47. The van der Waals surface area contributed by atoms with Crippen LogP contribution in [0, 0.1) is 13.8 Å². The zero-order valence-electron chi connectivity index (χ0n) is 12.1. The summed E-state index contributed by atoms with van der Waals surface area (Å²) < 4.78 is 10.0. The molecule has 0 aliphatic heterocycles. The fourth-order valence-electron chi connectivity index (χ4n) is 1.78. The Bertz CT molecular complexity index is 657. The number of carbonyl (C=O) groups is 2. The summed E-state index contributed by atoms with van der Waals surface area (Å²) in [5.41, 5.74) is 1.50. The minimum atomic E-state index is -0.483. The van der Waals surface area contributed by atoms with Crippen molar-refractivity contribution in [2.45, 2.75) is 20.4 Å². The monoisotopic (exact) mass is 288 g/mol. The zero-order valence-corrected chi connectivity index (χ0v) is 12.1. The summed E-state index contributed by atoms with van der Waals surface area (Å²) in [5, 5.41) is 2.69. The number of ether oxygens (including phenoxy) is 1. The van der Waals surface area contributed by atoms with Gasteiger partial charge in [-0.1, -0.05) is 6.07 Å². The van der Waals surface area contributed by atoms with Crippen molar-refractivity contribution in [3.63, 3.8) is 0 Å². The van der Waals surface area contributed by atoms with Gasteiger partial charge in [0.25, 0.3) is 5.91 Å². The molecule has 0 radical (unpaired) electrons. The fraction of sp³-hybridized carbons (Fsp3) is 0.267. The molecule has 0 aliphatic rings. The van der Waals surface area contributed by atoms with Gasteiger partial charge in [0.1, 0.15) is 5.76 Å². The van der Waals surface area contributed by atoms with Gasteiger partial charge in [0, 0.05) is 5.56 Å². The summed E-state index contributed by atoms with van der Waals surface area (Å²) in [7, 11) is 1.29. The maximum absolute atomic E-state index is 12.0. The lowest BCUT2D eigenvalue weighted by atomic mass is 10.1. The number of nitrogens with one attached hydrogen (secondary N) is 1. The number of benzene rings is 1. The summed E-state index contributed by atoms with van der Waals surface area (Å²) in [5.74, 6) is 0.382. The van der Waals surface area contributed by atoms with Gasteiger partial charge in [-0.15, -0.1) is 0 Å². The van der Waals surface area contributed by atoms with Gasteiger partial charge in [-0.3, -0.25) is 4.79 Å². The van der Waals surface area contributed by atoms with Gasteiger partial charge >= 0.3 is 5.97 Å². The summed E-state index contributed by atoms with van der Waals surface area (Å²) in [6.07, 6.45) is 0. The largest absolute Gasteiger partial charge is 0.465 e. The van der Waals surface area contributed by atoms with Crippen LogP contribution >= 0.6 is 0 Å². The number of methoxy groups -OCH3 is 1. The predicted octanol–water partition coefficient (Wildman–Crippen LogP) is 2.01. The maximum Gasteiger partial charge on any atom is 0.337 e. The van der Waals surface area contributed by atoms with E-state index in [9.17, 15) is 9.59 Å². The first-order valence-corrected chi connectivity index (χ1v) is 6.40. The summed E-state index contributed by atoms with van der Waals surface area (Å²) in [6.45, 7) is 3.84. The van der Waals surface area contributed by atoms with E-state index in [4.69, 9.17) is 4.42 Å². The Morgan fingerprint density at radius 1 is 1.29 bits per heavy atom. The van der Waals surface area contributed by atoms with Crippen molar-refractivity contribution in [1.82, 2.24) is 10.3 Å². The maximum atomic E-state index is 12.0. The lowest BCUT2D eigenvalue weighted by Gasteiger charge is -2.04. The second-order valence-electron chi connectivity index (χ2n) is 4.50. The zero-order chi connectivity index (χ0) is 15.4. The molecule has 6 heteroatoms. The van der Waals surface area contributed by atoms with Crippen molar-refractivity contribution in [2.75, 3.05) is 7.11 Å². The average molecular weight is 288 g/mol. The van der Waals surface area contributed by atoms with E-state index in [2.05, 4.69) is 15.0 Å². The topological polar surface area (TPSA) is 81.4 Å². The number of rotatable bonds is 4. The molecule has 1 aromatic carbocycles.